The molecule has 2 unspecified atom stereocenters. The van der Waals surface area contributed by atoms with Gasteiger partial charge in [0.1, 0.15) is 6.17 Å². The van der Waals surface area contributed by atoms with Gasteiger partial charge in [0.2, 0.25) is 0 Å². The summed E-state index contributed by atoms with van der Waals surface area (Å²) < 4.78 is 12.4. The minimum atomic E-state index is -0.612. The molecule has 0 heterocycles. The normalized spacial score (nSPS) is 32.4. The van der Waals surface area contributed by atoms with Crippen molar-refractivity contribution in [3.05, 3.63) is 0 Å². The molecule has 2 N–H and O–H groups in total. The van der Waals surface area contributed by atoms with Gasteiger partial charge < -0.3 is 5.73 Å². The summed E-state index contributed by atoms with van der Waals surface area (Å²) in [6.07, 6.45) is 2.69. The second kappa shape index (κ2) is 5.66. The monoisotopic (exact) mass is 147 g/mol. The van der Waals surface area contributed by atoms with Crippen molar-refractivity contribution in [3.8, 4) is 0 Å². The van der Waals surface area contributed by atoms with E-state index < -0.39 is 6.17 Å². The maximum atomic E-state index is 12.4. The molecule has 1 aliphatic carbocycles. The fourth-order valence-electron chi connectivity index (χ4n) is 1.17. The van der Waals surface area contributed by atoms with Crippen LogP contribution in [0, 0.1) is 0 Å². The number of nitrogens with two attached hydrogens (primary N) is 1. The molecule has 2 heteroatoms. The van der Waals surface area contributed by atoms with Crippen molar-refractivity contribution >= 4 is 0 Å². The molecule has 0 bridgehead atoms. The second-order valence-electron chi connectivity index (χ2n) is 2.52. The third-order valence-electron chi connectivity index (χ3n) is 1.65. The molecule has 0 saturated heterocycles. The third-order valence-corrected chi connectivity index (χ3v) is 1.65. The van der Waals surface area contributed by atoms with Crippen LogP contribution in [-0.2, 0) is 0 Å². The highest BCUT2D eigenvalue weighted by atomic mass is 19.1. The molecule has 2 atom stereocenters. The number of halogens is 1. The van der Waals surface area contributed by atoms with E-state index in [1.165, 1.54) is 0 Å². The predicted molar refractivity (Wildman–Crippen MR) is 42.7 cm³/mol. The van der Waals surface area contributed by atoms with Crippen molar-refractivity contribution < 1.29 is 4.39 Å². The van der Waals surface area contributed by atoms with Crippen molar-refractivity contribution in [1.82, 2.24) is 0 Å². The lowest BCUT2D eigenvalue weighted by Gasteiger charge is -2.19. The zero-order valence-electron chi connectivity index (χ0n) is 6.94. The molecule has 1 nitrogen and oxygen atoms in total. The van der Waals surface area contributed by atoms with E-state index in [9.17, 15) is 4.39 Å². The molecule has 0 amide bonds. The Morgan fingerprint density at radius 1 is 1.30 bits per heavy atom. The minimum absolute atomic E-state index is 0.138. The van der Waals surface area contributed by atoms with Gasteiger partial charge in [-0.05, 0) is 25.7 Å². The van der Waals surface area contributed by atoms with Crippen molar-refractivity contribution in [2.45, 2.75) is 51.7 Å². The van der Waals surface area contributed by atoms with E-state index >= 15 is 0 Å². The van der Waals surface area contributed by atoms with E-state index in [0.717, 1.165) is 19.3 Å². The number of alkyl halides is 1. The first-order valence-corrected chi connectivity index (χ1v) is 4.18. The lowest BCUT2D eigenvalue weighted by atomic mass is 9.95. The van der Waals surface area contributed by atoms with E-state index in [0.29, 0.717) is 6.42 Å². The van der Waals surface area contributed by atoms with Crippen molar-refractivity contribution in [3.63, 3.8) is 0 Å². The quantitative estimate of drug-likeness (QED) is 0.558. The molecule has 62 valence electrons. The summed E-state index contributed by atoms with van der Waals surface area (Å²) in [6, 6.07) is 0.138. The molecule has 0 aromatic heterocycles. The van der Waals surface area contributed by atoms with Crippen LogP contribution in [0.4, 0.5) is 4.39 Å². The number of hydrogen-bond acceptors (Lipinski definition) is 1. The Hall–Kier alpha value is -0.110. The fourth-order valence-corrected chi connectivity index (χ4v) is 1.17. The Morgan fingerprint density at radius 3 is 2.20 bits per heavy atom. The Kier molecular flexibility index (Phi) is 5.60. The zero-order valence-corrected chi connectivity index (χ0v) is 6.94. The summed E-state index contributed by atoms with van der Waals surface area (Å²) in [7, 11) is 0. The first-order chi connectivity index (χ1) is 4.79. The Bertz CT molecular complexity index is 67.7. The third kappa shape index (κ3) is 3.83. The largest absolute Gasteiger partial charge is 0.328 e. The van der Waals surface area contributed by atoms with Crippen LogP contribution in [0.1, 0.15) is 39.5 Å². The Labute approximate surface area is 62.8 Å². The molecular weight excluding hydrogens is 129 g/mol. The summed E-state index contributed by atoms with van der Waals surface area (Å²) >= 11 is 0. The lowest BCUT2D eigenvalue weighted by molar-refractivity contribution is 0.232. The summed E-state index contributed by atoms with van der Waals surface area (Å²) in [5.41, 5.74) is 5.49. The van der Waals surface area contributed by atoms with E-state index in [1.807, 2.05) is 13.8 Å². The zero-order chi connectivity index (χ0) is 7.98. The van der Waals surface area contributed by atoms with Gasteiger partial charge in [0.05, 0.1) is 0 Å². The van der Waals surface area contributed by atoms with Crippen molar-refractivity contribution in [2.24, 2.45) is 5.73 Å². The average molecular weight is 147 g/mol. The average Bonchev–Trinajstić information content (AvgIpc) is 1.91. The first kappa shape index (κ1) is 9.89. The van der Waals surface area contributed by atoms with E-state index in [1.54, 1.807) is 0 Å². The van der Waals surface area contributed by atoms with Gasteiger partial charge in [0, 0.05) is 6.04 Å². The highest BCUT2D eigenvalue weighted by molar-refractivity contribution is 4.73. The molecule has 0 radical (unpaired) electrons. The van der Waals surface area contributed by atoms with Gasteiger partial charge >= 0.3 is 0 Å². The van der Waals surface area contributed by atoms with Gasteiger partial charge in [0.25, 0.3) is 0 Å². The van der Waals surface area contributed by atoms with Gasteiger partial charge in [-0.3, -0.25) is 0 Å². The topological polar surface area (TPSA) is 26.0 Å². The molecular formula is C8H18FN. The molecule has 0 aromatic carbocycles. The Balaban J connectivity index is 0.000000371. The van der Waals surface area contributed by atoms with Gasteiger partial charge in [0.15, 0.2) is 0 Å². The van der Waals surface area contributed by atoms with Gasteiger partial charge in [-0.15, -0.1) is 0 Å². The summed E-state index contributed by atoms with van der Waals surface area (Å²) in [6.45, 7) is 4.00. The molecule has 1 saturated carbocycles. The van der Waals surface area contributed by atoms with E-state index in [-0.39, 0.29) is 6.04 Å². The van der Waals surface area contributed by atoms with E-state index in [4.69, 9.17) is 5.73 Å². The predicted octanol–water partition coefficient (Wildman–Crippen LogP) is 2.25. The van der Waals surface area contributed by atoms with Crippen molar-refractivity contribution in [1.29, 1.82) is 0 Å². The molecule has 0 aromatic rings. The second-order valence-corrected chi connectivity index (χ2v) is 2.52. The van der Waals surface area contributed by atoms with Gasteiger partial charge in [-0.1, -0.05) is 13.8 Å². The SMILES string of the molecule is CC.NC1CCCC(F)C1. The van der Waals surface area contributed by atoms with Crippen LogP contribution in [0.15, 0.2) is 0 Å². The lowest BCUT2D eigenvalue weighted by Crippen LogP contribution is -2.28. The van der Waals surface area contributed by atoms with Crippen LogP contribution < -0.4 is 5.73 Å². The van der Waals surface area contributed by atoms with Crippen LogP contribution in [-0.4, -0.2) is 12.2 Å². The summed E-state index contributed by atoms with van der Waals surface area (Å²) in [5.74, 6) is 0. The molecule has 1 fully saturated rings. The van der Waals surface area contributed by atoms with Gasteiger partial charge in [-0.2, -0.15) is 0 Å². The first-order valence-electron chi connectivity index (χ1n) is 4.18. The molecule has 10 heavy (non-hydrogen) atoms. The highest BCUT2D eigenvalue weighted by Gasteiger charge is 2.17. The molecule has 1 rings (SSSR count). The smallest absolute Gasteiger partial charge is 0.102 e. The summed E-state index contributed by atoms with van der Waals surface area (Å²) in [4.78, 5) is 0. The minimum Gasteiger partial charge on any atom is -0.328 e. The van der Waals surface area contributed by atoms with Crippen LogP contribution in [0.3, 0.4) is 0 Å². The highest BCUT2D eigenvalue weighted by Crippen LogP contribution is 2.18. The molecule has 0 aliphatic heterocycles. The summed E-state index contributed by atoms with van der Waals surface area (Å²) in [5, 5.41) is 0. The maximum Gasteiger partial charge on any atom is 0.102 e. The number of hydrogen-bond donors (Lipinski definition) is 1. The maximum absolute atomic E-state index is 12.4. The number of rotatable bonds is 0. The van der Waals surface area contributed by atoms with Crippen LogP contribution in [0.2, 0.25) is 0 Å². The van der Waals surface area contributed by atoms with Crippen molar-refractivity contribution in [2.75, 3.05) is 0 Å². The Morgan fingerprint density at radius 2 is 1.90 bits per heavy atom. The van der Waals surface area contributed by atoms with Crippen LogP contribution in [0.5, 0.6) is 0 Å². The van der Waals surface area contributed by atoms with E-state index in [2.05, 4.69) is 0 Å². The van der Waals surface area contributed by atoms with Gasteiger partial charge in [-0.25, -0.2) is 4.39 Å². The van der Waals surface area contributed by atoms with Crippen LogP contribution >= 0.6 is 0 Å². The molecule has 0 spiro atoms. The fraction of sp³-hybridized carbons (Fsp3) is 1.00. The van der Waals surface area contributed by atoms with Crippen LogP contribution in [0.25, 0.3) is 0 Å². The standard InChI is InChI=1S/C6H12FN.C2H6/c7-5-2-1-3-6(8)4-5;1-2/h5-6H,1-4,8H2;1-2H3. The molecule has 1 aliphatic rings.